The average Bonchev–Trinajstić information content (AvgIpc) is 2.66. The second kappa shape index (κ2) is 11.9. The van der Waals surface area contributed by atoms with E-state index in [4.69, 9.17) is 10.2 Å². The monoisotopic (exact) mass is 488 g/mol. The van der Waals surface area contributed by atoms with Gasteiger partial charge in [-0.25, -0.2) is 0 Å². The molecule has 0 aromatic heterocycles. The van der Waals surface area contributed by atoms with Crippen molar-refractivity contribution in [2.75, 3.05) is 13.2 Å². The van der Waals surface area contributed by atoms with E-state index in [9.17, 15) is 14.7 Å². The zero-order valence-electron chi connectivity index (χ0n) is 23.1. The molecule has 1 aromatic rings. The van der Waals surface area contributed by atoms with Gasteiger partial charge in [0.15, 0.2) is 0 Å². The maximum atomic E-state index is 10.1. The Kier molecular flexibility index (Phi) is 11.7. The van der Waals surface area contributed by atoms with E-state index >= 15 is 0 Å². The van der Waals surface area contributed by atoms with Crippen molar-refractivity contribution in [3.8, 4) is 0 Å². The first-order valence-electron chi connectivity index (χ1n) is 12.3. The molecule has 1 aromatic carbocycles. The number of rotatable bonds is 7. The fraction of sp³-hybridized carbons (Fsp3) is 0.778. The quantitative estimate of drug-likeness (QED) is 0.338. The van der Waals surface area contributed by atoms with E-state index < -0.39 is 7.94 Å². The second-order valence-electron chi connectivity index (χ2n) is 12.6. The predicted molar refractivity (Wildman–Crippen MR) is 144 cm³/mol. The third kappa shape index (κ3) is 9.55. The van der Waals surface area contributed by atoms with Crippen LogP contribution in [0.25, 0.3) is 0 Å². The summed E-state index contributed by atoms with van der Waals surface area (Å²) in [7, 11) is -4.42. The molecule has 196 valence electrons. The normalized spacial score (nSPS) is 14.1. The Morgan fingerprint density at radius 2 is 1.09 bits per heavy atom. The summed E-state index contributed by atoms with van der Waals surface area (Å²) in [6.45, 7) is 23.0. The number of aliphatic hydroxyl groups is 2. The summed E-state index contributed by atoms with van der Waals surface area (Å²) in [5.41, 5.74) is 1.95. The summed E-state index contributed by atoms with van der Waals surface area (Å²) in [6.07, 6.45) is 4.02. The number of benzene rings is 1. The Labute approximate surface area is 203 Å². The maximum Gasteiger partial charge on any atom is 0.0509 e. The fourth-order valence-corrected chi connectivity index (χ4v) is 5.40. The van der Waals surface area contributed by atoms with Crippen LogP contribution in [-0.2, 0) is 16.2 Å². The molecule has 0 saturated heterocycles. The average molecular weight is 489 g/mol. The Morgan fingerprint density at radius 1 is 0.697 bits per heavy atom. The minimum absolute atomic E-state index is 0.0525. The third-order valence-electron chi connectivity index (χ3n) is 6.44. The molecule has 0 aliphatic rings. The van der Waals surface area contributed by atoms with Gasteiger partial charge in [-0.3, -0.25) is 0 Å². The van der Waals surface area contributed by atoms with Crippen LogP contribution in [-0.4, -0.2) is 38.1 Å². The second-order valence-corrected chi connectivity index (χ2v) is 14.4. The van der Waals surface area contributed by atoms with E-state index in [1.54, 1.807) is 0 Å². The van der Waals surface area contributed by atoms with Crippen molar-refractivity contribution in [3.63, 3.8) is 0 Å². The molecule has 0 amide bonds. The first-order valence-corrected chi connectivity index (χ1v) is 14.1. The van der Waals surface area contributed by atoms with E-state index in [1.165, 1.54) is 0 Å². The Balaban J connectivity index is 0.000000785. The van der Waals surface area contributed by atoms with Crippen LogP contribution in [0.1, 0.15) is 119 Å². The third-order valence-corrected chi connectivity index (χ3v) is 7.65. The molecule has 0 heterocycles. The van der Waals surface area contributed by atoms with Crippen molar-refractivity contribution in [2.45, 2.75) is 118 Å². The smallest absolute Gasteiger partial charge is 0.0509 e. The molecule has 0 saturated carbocycles. The number of hydrogen-bond acceptors (Lipinski definition) is 5. The van der Waals surface area contributed by atoms with E-state index in [-0.39, 0.29) is 34.9 Å². The molecule has 0 aliphatic carbocycles. The molecule has 0 atom stereocenters. The first-order chi connectivity index (χ1) is 14.7. The maximum absolute atomic E-state index is 10.1. The summed E-state index contributed by atoms with van der Waals surface area (Å²) in [6, 6.07) is 4.05. The van der Waals surface area contributed by atoms with Gasteiger partial charge in [-0.2, -0.15) is 0 Å². The molecule has 0 fully saturated rings. The molecular weight excluding hydrogens is 435 g/mol. The minimum Gasteiger partial charge on any atom is -0.396 e. The van der Waals surface area contributed by atoms with Crippen LogP contribution >= 0.6 is 7.94 Å². The van der Waals surface area contributed by atoms with Gasteiger partial charge in [-0.1, -0.05) is 26.7 Å². The Morgan fingerprint density at radius 3 is 1.30 bits per heavy atom. The van der Waals surface area contributed by atoms with E-state index in [0.29, 0.717) is 5.30 Å². The van der Waals surface area contributed by atoms with Gasteiger partial charge in [-0.05, 0) is 12.8 Å². The van der Waals surface area contributed by atoms with Crippen LogP contribution in [0.5, 0.6) is 0 Å². The molecule has 5 nitrogen and oxygen atoms in total. The van der Waals surface area contributed by atoms with Crippen LogP contribution in [0.4, 0.5) is 0 Å². The van der Waals surface area contributed by atoms with Gasteiger partial charge < -0.3 is 10.2 Å². The van der Waals surface area contributed by atoms with E-state index in [2.05, 4.69) is 27.7 Å². The van der Waals surface area contributed by atoms with Crippen LogP contribution in [0.15, 0.2) is 12.1 Å². The zero-order chi connectivity index (χ0) is 26.5. The topological polar surface area (TPSA) is 101 Å². The molecule has 0 bridgehead atoms. The number of hydrogen-bond donors (Lipinski definition) is 5. The molecule has 5 N–H and O–H groups in total. The molecule has 0 unspecified atom stereocenters. The van der Waals surface area contributed by atoms with Crippen LogP contribution in [0, 0.1) is 5.41 Å². The minimum atomic E-state index is -4.42. The summed E-state index contributed by atoms with van der Waals surface area (Å²) in [5, 5.41) is 18.4. The van der Waals surface area contributed by atoms with Gasteiger partial charge in [0.05, 0.1) is 13.2 Å². The number of aliphatic hydroxyl groups excluding tert-OH is 2. The van der Waals surface area contributed by atoms with Crippen molar-refractivity contribution in [1.82, 2.24) is 0 Å². The van der Waals surface area contributed by atoms with Crippen molar-refractivity contribution < 1.29 is 24.9 Å². The van der Waals surface area contributed by atoms with Crippen molar-refractivity contribution >= 4 is 13.2 Å². The van der Waals surface area contributed by atoms with Gasteiger partial charge in [0, 0.05) is 5.41 Å². The molecule has 0 spiro atoms. The van der Waals surface area contributed by atoms with Gasteiger partial charge in [-0.15, -0.1) is 0 Å². The molecule has 0 radical (unpaired) electrons. The summed E-state index contributed by atoms with van der Waals surface area (Å²) in [5.74, 6) is 0. The Hall–Kier alpha value is -0.550. The van der Waals surface area contributed by atoms with Gasteiger partial charge in [0.1, 0.15) is 0 Å². The molecule has 6 heteroatoms. The standard InChI is InChI=1S/C18H33O3P.C9H20O2/c1-16(2,3)12-10-13(17(4,5)6)15(22(19,20)21)14(11-12)18(7,8)9;1-3-5-6-9(4-2,7-10)8-11/h10-11,19-22H,1-9H3;10-11H,3-8H2,1-2H3. The predicted octanol–water partition coefficient (Wildman–Crippen LogP) is 5.23. The summed E-state index contributed by atoms with van der Waals surface area (Å²) >= 11 is 0. The molecule has 33 heavy (non-hydrogen) atoms. The Bertz CT molecular complexity index is 684. The van der Waals surface area contributed by atoms with E-state index in [1.807, 2.05) is 60.6 Å². The van der Waals surface area contributed by atoms with E-state index in [0.717, 1.165) is 42.4 Å². The summed E-state index contributed by atoms with van der Waals surface area (Å²) in [4.78, 5) is 30.4. The molecule has 0 aliphatic heterocycles. The summed E-state index contributed by atoms with van der Waals surface area (Å²) < 4.78 is 0. The van der Waals surface area contributed by atoms with Crippen LogP contribution < -0.4 is 5.30 Å². The van der Waals surface area contributed by atoms with Gasteiger partial charge in [0.2, 0.25) is 0 Å². The van der Waals surface area contributed by atoms with Gasteiger partial charge >= 0.3 is 135 Å². The van der Waals surface area contributed by atoms with Crippen LogP contribution in [0.2, 0.25) is 0 Å². The SMILES string of the molecule is CC(C)(C)c1cc(C(C)(C)C)c([PH](O)(O)O)c(C(C)(C)C)c1.CCCCC(CC)(CO)CO. The largest absolute Gasteiger partial charge is 0.396 e. The molecular formula is C27H53O5P. The molecule has 1 rings (SSSR count). The van der Waals surface area contributed by atoms with Gasteiger partial charge in [0.25, 0.3) is 0 Å². The number of unbranched alkanes of at least 4 members (excludes halogenated alkanes) is 1. The van der Waals surface area contributed by atoms with Crippen molar-refractivity contribution in [2.24, 2.45) is 5.41 Å². The first kappa shape index (κ1) is 32.5. The van der Waals surface area contributed by atoms with Crippen molar-refractivity contribution in [3.05, 3.63) is 28.8 Å². The van der Waals surface area contributed by atoms with Crippen LogP contribution in [0.3, 0.4) is 0 Å². The zero-order valence-corrected chi connectivity index (χ0v) is 24.1. The fourth-order valence-electron chi connectivity index (χ4n) is 3.78. The van der Waals surface area contributed by atoms with Crippen molar-refractivity contribution in [1.29, 1.82) is 0 Å².